The largest absolute Gasteiger partial charge is 0.508 e. The Hall–Kier alpha value is -2.33. The second kappa shape index (κ2) is 6.20. The number of aromatic hydroxyl groups is 1. The Labute approximate surface area is 137 Å². The quantitative estimate of drug-likeness (QED) is 0.660. The van der Waals surface area contributed by atoms with Gasteiger partial charge in [-0.2, -0.15) is 0 Å². The van der Waals surface area contributed by atoms with E-state index in [0.29, 0.717) is 0 Å². The van der Waals surface area contributed by atoms with Crippen LogP contribution in [0, 0.1) is 6.92 Å². The van der Waals surface area contributed by atoms with Crippen LogP contribution >= 0.6 is 15.9 Å². The van der Waals surface area contributed by atoms with Gasteiger partial charge in [-0.05, 0) is 76.9 Å². The summed E-state index contributed by atoms with van der Waals surface area (Å²) in [6.07, 6.45) is 3.81. The predicted octanol–water partition coefficient (Wildman–Crippen LogP) is 5.00. The van der Waals surface area contributed by atoms with E-state index in [2.05, 4.69) is 20.9 Å². The molecule has 3 aromatic rings. The average molecular weight is 355 g/mol. The molecule has 0 aliphatic carbocycles. The van der Waals surface area contributed by atoms with E-state index in [0.717, 1.165) is 21.5 Å². The van der Waals surface area contributed by atoms with Gasteiger partial charge in [0.15, 0.2) is 0 Å². The molecule has 0 aliphatic heterocycles. The van der Waals surface area contributed by atoms with Gasteiger partial charge in [-0.3, -0.25) is 4.99 Å². The van der Waals surface area contributed by atoms with Gasteiger partial charge in [-0.1, -0.05) is 6.07 Å². The second-order valence-corrected chi connectivity index (χ2v) is 5.89. The van der Waals surface area contributed by atoms with Crippen LogP contribution in [0.1, 0.15) is 11.3 Å². The standard InChI is InChI=1S/C18H15BrN2O/c1-13-4-9-18(17(19)11-13)20-12-15-3-2-10-21(15)14-5-7-16(22)8-6-14/h2-12,22H,1H3. The van der Waals surface area contributed by atoms with Crippen LogP contribution in [-0.4, -0.2) is 15.9 Å². The SMILES string of the molecule is Cc1ccc(N=Cc2cccn2-c2ccc(O)cc2)c(Br)c1. The summed E-state index contributed by atoms with van der Waals surface area (Å²) < 4.78 is 3.00. The molecule has 0 saturated heterocycles. The molecule has 4 heteroatoms. The summed E-state index contributed by atoms with van der Waals surface area (Å²) in [5.74, 6) is 0.259. The number of hydrogen-bond acceptors (Lipinski definition) is 2. The monoisotopic (exact) mass is 354 g/mol. The molecule has 110 valence electrons. The van der Waals surface area contributed by atoms with E-state index in [1.807, 2.05) is 66.4 Å². The zero-order valence-electron chi connectivity index (χ0n) is 12.1. The Bertz CT molecular complexity index is 819. The lowest BCUT2D eigenvalue weighted by molar-refractivity contribution is 0.475. The fraction of sp³-hybridized carbons (Fsp3) is 0.0556. The van der Waals surface area contributed by atoms with Crippen molar-refractivity contribution >= 4 is 27.8 Å². The fourth-order valence-corrected chi connectivity index (χ4v) is 2.80. The molecule has 0 aliphatic rings. The van der Waals surface area contributed by atoms with Gasteiger partial charge in [-0.15, -0.1) is 0 Å². The average Bonchev–Trinajstić information content (AvgIpc) is 2.95. The lowest BCUT2D eigenvalue weighted by Crippen LogP contribution is -1.97. The lowest BCUT2D eigenvalue weighted by Gasteiger charge is -2.06. The fourth-order valence-electron chi connectivity index (χ4n) is 2.20. The van der Waals surface area contributed by atoms with Gasteiger partial charge in [0, 0.05) is 16.4 Å². The lowest BCUT2D eigenvalue weighted by atomic mass is 10.2. The van der Waals surface area contributed by atoms with Crippen molar-refractivity contribution in [3.8, 4) is 11.4 Å². The van der Waals surface area contributed by atoms with E-state index in [-0.39, 0.29) is 5.75 Å². The van der Waals surface area contributed by atoms with E-state index in [4.69, 9.17) is 0 Å². The number of rotatable bonds is 3. The van der Waals surface area contributed by atoms with Crippen molar-refractivity contribution in [3.05, 3.63) is 76.5 Å². The highest BCUT2D eigenvalue weighted by Gasteiger charge is 2.02. The summed E-state index contributed by atoms with van der Waals surface area (Å²) in [5.41, 5.74) is 4.03. The van der Waals surface area contributed by atoms with Crippen molar-refractivity contribution in [2.75, 3.05) is 0 Å². The van der Waals surface area contributed by atoms with Gasteiger partial charge in [0.25, 0.3) is 0 Å². The maximum Gasteiger partial charge on any atom is 0.115 e. The molecule has 1 aromatic heterocycles. The highest BCUT2D eigenvalue weighted by atomic mass is 79.9. The van der Waals surface area contributed by atoms with Crippen molar-refractivity contribution in [2.24, 2.45) is 4.99 Å². The molecule has 0 saturated carbocycles. The first-order valence-corrected chi connectivity index (χ1v) is 7.70. The van der Waals surface area contributed by atoms with Crippen LogP contribution in [0.15, 0.2) is 70.3 Å². The number of phenolic OH excluding ortho intramolecular Hbond substituents is 1. The van der Waals surface area contributed by atoms with Crippen LogP contribution in [0.4, 0.5) is 5.69 Å². The van der Waals surface area contributed by atoms with Crippen molar-refractivity contribution in [2.45, 2.75) is 6.92 Å². The molecule has 0 spiro atoms. The molecule has 2 aromatic carbocycles. The van der Waals surface area contributed by atoms with Gasteiger partial charge in [0.2, 0.25) is 0 Å². The number of aliphatic imine (C=N–C) groups is 1. The third-order valence-corrected chi connectivity index (χ3v) is 3.98. The molecule has 0 unspecified atom stereocenters. The van der Waals surface area contributed by atoms with Crippen LogP contribution < -0.4 is 0 Å². The molecule has 0 atom stereocenters. The molecule has 0 radical (unpaired) electrons. The Kier molecular flexibility index (Phi) is 4.11. The highest BCUT2D eigenvalue weighted by Crippen LogP contribution is 2.26. The molecule has 3 nitrogen and oxygen atoms in total. The number of hydrogen-bond donors (Lipinski definition) is 1. The van der Waals surface area contributed by atoms with Crippen LogP contribution in [0.3, 0.4) is 0 Å². The van der Waals surface area contributed by atoms with Crippen molar-refractivity contribution in [1.82, 2.24) is 4.57 Å². The van der Waals surface area contributed by atoms with E-state index >= 15 is 0 Å². The molecule has 1 heterocycles. The van der Waals surface area contributed by atoms with E-state index < -0.39 is 0 Å². The van der Waals surface area contributed by atoms with Crippen molar-refractivity contribution in [1.29, 1.82) is 0 Å². The molecular weight excluding hydrogens is 340 g/mol. The molecule has 0 bridgehead atoms. The summed E-state index contributed by atoms with van der Waals surface area (Å²) in [4.78, 5) is 4.55. The smallest absolute Gasteiger partial charge is 0.115 e. The third kappa shape index (κ3) is 3.12. The summed E-state index contributed by atoms with van der Waals surface area (Å²) in [6, 6.07) is 17.1. The number of aryl methyl sites for hydroxylation is 1. The van der Waals surface area contributed by atoms with Gasteiger partial charge in [0.05, 0.1) is 17.6 Å². The Balaban J connectivity index is 1.92. The third-order valence-electron chi connectivity index (χ3n) is 3.35. The number of phenols is 1. The first-order valence-electron chi connectivity index (χ1n) is 6.90. The predicted molar refractivity (Wildman–Crippen MR) is 93.6 cm³/mol. The van der Waals surface area contributed by atoms with Crippen molar-refractivity contribution in [3.63, 3.8) is 0 Å². The van der Waals surface area contributed by atoms with Gasteiger partial charge < -0.3 is 9.67 Å². The summed E-state index contributed by atoms with van der Waals surface area (Å²) in [7, 11) is 0. The molecule has 3 rings (SSSR count). The minimum absolute atomic E-state index is 0.259. The van der Waals surface area contributed by atoms with Gasteiger partial charge in [0.1, 0.15) is 5.75 Å². The van der Waals surface area contributed by atoms with Crippen LogP contribution in [-0.2, 0) is 0 Å². The highest BCUT2D eigenvalue weighted by molar-refractivity contribution is 9.10. The number of aromatic nitrogens is 1. The Morgan fingerprint density at radius 2 is 1.86 bits per heavy atom. The van der Waals surface area contributed by atoms with Crippen LogP contribution in [0.5, 0.6) is 5.75 Å². The molecule has 1 N–H and O–H groups in total. The minimum atomic E-state index is 0.259. The normalized spacial score (nSPS) is 11.2. The maximum absolute atomic E-state index is 9.39. The maximum atomic E-state index is 9.39. The van der Waals surface area contributed by atoms with Crippen LogP contribution in [0.2, 0.25) is 0 Å². The molecular formula is C18H15BrN2O. The topological polar surface area (TPSA) is 37.5 Å². The van der Waals surface area contributed by atoms with E-state index in [9.17, 15) is 5.11 Å². The number of nitrogens with zero attached hydrogens (tertiary/aromatic N) is 2. The Morgan fingerprint density at radius 1 is 1.09 bits per heavy atom. The number of benzene rings is 2. The van der Waals surface area contributed by atoms with Crippen molar-refractivity contribution < 1.29 is 5.11 Å². The molecule has 22 heavy (non-hydrogen) atoms. The summed E-state index contributed by atoms with van der Waals surface area (Å²) >= 11 is 3.53. The summed E-state index contributed by atoms with van der Waals surface area (Å²) in [5, 5.41) is 9.39. The number of halogens is 1. The first kappa shape index (κ1) is 14.6. The van der Waals surface area contributed by atoms with Gasteiger partial charge >= 0.3 is 0 Å². The van der Waals surface area contributed by atoms with E-state index in [1.54, 1.807) is 12.1 Å². The second-order valence-electron chi connectivity index (χ2n) is 5.03. The van der Waals surface area contributed by atoms with E-state index in [1.165, 1.54) is 5.56 Å². The molecule has 0 fully saturated rings. The molecule has 0 amide bonds. The summed E-state index contributed by atoms with van der Waals surface area (Å²) in [6.45, 7) is 2.05. The minimum Gasteiger partial charge on any atom is -0.508 e. The first-order chi connectivity index (χ1) is 10.6. The zero-order valence-corrected chi connectivity index (χ0v) is 13.7. The van der Waals surface area contributed by atoms with Crippen LogP contribution in [0.25, 0.3) is 5.69 Å². The zero-order chi connectivity index (χ0) is 15.5. The van der Waals surface area contributed by atoms with Gasteiger partial charge in [-0.25, -0.2) is 0 Å². The Morgan fingerprint density at radius 3 is 2.59 bits per heavy atom.